The summed E-state index contributed by atoms with van der Waals surface area (Å²) in [7, 11) is 0. The van der Waals surface area contributed by atoms with Crippen LogP contribution in [0.1, 0.15) is 24.7 Å². The first-order chi connectivity index (χ1) is 9.20. The van der Waals surface area contributed by atoms with E-state index in [4.69, 9.17) is 0 Å². The lowest BCUT2D eigenvalue weighted by molar-refractivity contribution is 0.549. The minimum absolute atomic E-state index is 0.352. The molecule has 102 valence electrons. The fourth-order valence-corrected chi connectivity index (χ4v) is 1.93. The quantitative estimate of drug-likeness (QED) is 0.870. The van der Waals surface area contributed by atoms with Crippen LogP contribution >= 0.6 is 0 Å². The zero-order valence-electron chi connectivity index (χ0n) is 10.9. The molecule has 1 aromatic carbocycles. The molecule has 2 aromatic rings. The summed E-state index contributed by atoms with van der Waals surface area (Å²) in [5.74, 6) is -0.159. The van der Waals surface area contributed by atoms with E-state index in [-0.39, 0.29) is 0 Å². The normalized spacial score (nSPS) is 10.9. The number of hydrogen-bond donors (Lipinski definition) is 1. The zero-order valence-corrected chi connectivity index (χ0v) is 10.9. The molecular formula is C14H17F2N3. The average molecular weight is 265 g/mol. The molecule has 0 fully saturated rings. The van der Waals surface area contributed by atoms with E-state index in [0.29, 0.717) is 18.7 Å². The van der Waals surface area contributed by atoms with Crippen LogP contribution < -0.4 is 5.32 Å². The van der Waals surface area contributed by atoms with Gasteiger partial charge in [-0.25, -0.2) is 13.8 Å². The second-order valence-electron chi connectivity index (χ2n) is 4.38. The molecule has 0 saturated carbocycles. The molecule has 0 aliphatic rings. The van der Waals surface area contributed by atoms with Crippen molar-refractivity contribution in [3.05, 3.63) is 53.6 Å². The molecule has 0 saturated heterocycles. The van der Waals surface area contributed by atoms with Crippen molar-refractivity contribution in [3.8, 4) is 0 Å². The average Bonchev–Trinajstić information content (AvgIpc) is 2.80. The van der Waals surface area contributed by atoms with Gasteiger partial charge in [0.05, 0.1) is 6.54 Å². The third kappa shape index (κ3) is 3.61. The minimum Gasteiger partial charge on any atom is -0.334 e. The highest BCUT2D eigenvalue weighted by Gasteiger charge is 2.05. The van der Waals surface area contributed by atoms with Gasteiger partial charge < -0.3 is 9.88 Å². The smallest absolute Gasteiger partial charge is 0.130 e. The summed E-state index contributed by atoms with van der Waals surface area (Å²) in [6.07, 6.45) is 4.72. The number of rotatable bonds is 6. The van der Waals surface area contributed by atoms with E-state index in [9.17, 15) is 8.78 Å². The number of nitrogens with zero attached hydrogens (tertiary/aromatic N) is 2. The Morgan fingerprint density at radius 1 is 1.26 bits per heavy atom. The van der Waals surface area contributed by atoms with Crippen LogP contribution in [0.4, 0.5) is 8.78 Å². The minimum atomic E-state index is -0.556. The van der Waals surface area contributed by atoms with Gasteiger partial charge in [0.25, 0.3) is 0 Å². The Kier molecular flexibility index (Phi) is 4.63. The Morgan fingerprint density at radius 2 is 2.11 bits per heavy atom. The molecular weight excluding hydrogens is 248 g/mol. The second-order valence-corrected chi connectivity index (χ2v) is 4.38. The Balaban J connectivity index is 1.91. The summed E-state index contributed by atoms with van der Waals surface area (Å²) in [6.45, 7) is 3.93. The summed E-state index contributed by atoms with van der Waals surface area (Å²) in [6, 6.07) is 3.61. The van der Waals surface area contributed by atoms with Crippen LogP contribution in [0.2, 0.25) is 0 Å². The fourth-order valence-electron chi connectivity index (χ4n) is 1.93. The first-order valence-electron chi connectivity index (χ1n) is 6.35. The summed E-state index contributed by atoms with van der Waals surface area (Å²) in [4.78, 5) is 4.25. The maximum absolute atomic E-state index is 13.4. The summed E-state index contributed by atoms with van der Waals surface area (Å²) >= 11 is 0. The number of aryl methyl sites for hydroxylation is 1. The van der Waals surface area contributed by atoms with Crippen LogP contribution in [0.15, 0.2) is 30.6 Å². The molecule has 0 radical (unpaired) electrons. The van der Waals surface area contributed by atoms with Gasteiger partial charge in [-0.3, -0.25) is 0 Å². The predicted octanol–water partition coefficient (Wildman–Crippen LogP) is 2.86. The van der Waals surface area contributed by atoms with Crippen LogP contribution in [-0.4, -0.2) is 9.55 Å². The Labute approximate surface area is 111 Å². The van der Waals surface area contributed by atoms with Crippen molar-refractivity contribution in [2.45, 2.75) is 33.0 Å². The molecule has 0 aliphatic heterocycles. The molecule has 0 spiro atoms. The van der Waals surface area contributed by atoms with Crippen LogP contribution in [0, 0.1) is 11.6 Å². The number of benzene rings is 1. The van der Waals surface area contributed by atoms with E-state index in [1.54, 1.807) is 6.20 Å². The van der Waals surface area contributed by atoms with Crippen molar-refractivity contribution in [1.29, 1.82) is 0 Å². The van der Waals surface area contributed by atoms with Crippen molar-refractivity contribution in [1.82, 2.24) is 14.9 Å². The van der Waals surface area contributed by atoms with Gasteiger partial charge in [0.2, 0.25) is 0 Å². The molecule has 1 aromatic heterocycles. The van der Waals surface area contributed by atoms with Gasteiger partial charge in [0.1, 0.15) is 17.5 Å². The molecule has 0 atom stereocenters. The Hall–Kier alpha value is -1.75. The van der Waals surface area contributed by atoms with Gasteiger partial charge in [0, 0.05) is 37.1 Å². The van der Waals surface area contributed by atoms with Gasteiger partial charge in [-0.15, -0.1) is 0 Å². The number of hydrogen-bond acceptors (Lipinski definition) is 2. The maximum atomic E-state index is 13.4. The van der Waals surface area contributed by atoms with Gasteiger partial charge >= 0.3 is 0 Å². The first-order valence-corrected chi connectivity index (χ1v) is 6.35. The van der Waals surface area contributed by atoms with E-state index in [2.05, 4.69) is 21.8 Å². The van der Waals surface area contributed by atoms with Crippen molar-refractivity contribution >= 4 is 0 Å². The van der Waals surface area contributed by atoms with Crippen LogP contribution in [0.3, 0.4) is 0 Å². The highest BCUT2D eigenvalue weighted by Crippen LogP contribution is 2.09. The molecule has 1 N–H and O–H groups in total. The molecule has 5 heteroatoms. The van der Waals surface area contributed by atoms with Crippen LogP contribution in [-0.2, 0) is 19.6 Å². The largest absolute Gasteiger partial charge is 0.334 e. The number of halogens is 2. The lowest BCUT2D eigenvalue weighted by Gasteiger charge is -2.08. The first kappa shape index (κ1) is 13.7. The molecule has 3 nitrogen and oxygen atoms in total. The summed E-state index contributed by atoms with van der Waals surface area (Å²) in [5.41, 5.74) is 0.454. The Bertz CT molecular complexity index is 537. The molecule has 2 rings (SSSR count). The highest BCUT2D eigenvalue weighted by molar-refractivity contribution is 5.18. The van der Waals surface area contributed by atoms with Gasteiger partial charge in [0.15, 0.2) is 0 Å². The standard InChI is InChI=1S/C14H17F2N3/c1-2-6-19-7-5-18-14(19)10-17-9-11-3-4-12(15)8-13(11)16/h3-5,7-8,17H,2,6,9-10H2,1H3. The molecule has 1 heterocycles. The monoisotopic (exact) mass is 265 g/mol. The van der Waals surface area contributed by atoms with Crippen molar-refractivity contribution in [3.63, 3.8) is 0 Å². The number of imidazole rings is 1. The maximum Gasteiger partial charge on any atom is 0.130 e. The topological polar surface area (TPSA) is 29.9 Å². The van der Waals surface area contributed by atoms with Crippen molar-refractivity contribution in [2.24, 2.45) is 0 Å². The Morgan fingerprint density at radius 3 is 2.84 bits per heavy atom. The van der Waals surface area contributed by atoms with E-state index < -0.39 is 11.6 Å². The lowest BCUT2D eigenvalue weighted by Crippen LogP contribution is -2.17. The second kappa shape index (κ2) is 6.43. The van der Waals surface area contributed by atoms with Crippen LogP contribution in [0.5, 0.6) is 0 Å². The highest BCUT2D eigenvalue weighted by atomic mass is 19.1. The van der Waals surface area contributed by atoms with Gasteiger partial charge in [-0.05, 0) is 12.5 Å². The number of nitrogens with one attached hydrogen (secondary N) is 1. The van der Waals surface area contributed by atoms with Gasteiger partial charge in [-0.2, -0.15) is 0 Å². The zero-order chi connectivity index (χ0) is 13.7. The molecule has 0 unspecified atom stereocenters. The molecule has 19 heavy (non-hydrogen) atoms. The fraction of sp³-hybridized carbons (Fsp3) is 0.357. The third-order valence-electron chi connectivity index (χ3n) is 2.88. The molecule has 0 bridgehead atoms. The van der Waals surface area contributed by atoms with Crippen molar-refractivity contribution in [2.75, 3.05) is 0 Å². The SMILES string of the molecule is CCCn1ccnc1CNCc1ccc(F)cc1F. The predicted molar refractivity (Wildman–Crippen MR) is 69.4 cm³/mol. The summed E-state index contributed by atoms with van der Waals surface area (Å²) < 4.78 is 28.2. The van der Waals surface area contributed by atoms with Crippen molar-refractivity contribution < 1.29 is 8.78 Å². The van der Waals surface area contributed by atoms with E-state index in [0.717, 1.165) is 24.9 Å². The summed E-state index contributed by atoms with van der Waals surface area (Å²) in [5, 5.41) is 3.12. The van der Waals surface area contributed by atoms with E-state index in [1.165, 1.54) is 12.1 Å². The van der Waals surface area contributed by atoms with E-state index >= 15 is 0 Å². The van der Waals surface area contributed by atoms with Gasteiger partial charge in [-0.1, -0.05) is 13.0 Å². The van der Waals surface area contributed by atoms with Crippen LogP contribution in [0.25, 0.3) is 0 Å². The third-order valence-corrected chi connectivity index (χ3v) is 2.88. The lowest BCUT2D eigenvalue weighted by atomic mass is 10.2. The number of aromatic nitrogens is 2. The van der Waals surface area contributed by atoms with E-state index in [1.807, 2.05) is 6.20 Å². The molecule has 0 aliphatic carbocycles. The molecule has 0 amide bonds.